The van der Waals surface area contributed by atoms with Crippen molar-refractivity contribution in [3.05, 3.63) is 38.3 Å². The van der Waals surface area contributed by atoms with Crippen molar-refractivity contribution in [2.75, 3.05) is 20.3 Å². The number of methoxy groups -OCH3 is 1. The summed E-state index contributed by atoms with van der Waals surface area (Å²) in [7, 11) is 1.64. The number of rotatable bonds is 7. The minimum Gasteiger partial charge on any atom is -0.383 e. The van der Waals surface area contributed by atoms with E-state index in [4.69, 9.17) is 16.3 Å². The molecule has 0 spiro atoms. The smallest absolute Gasteiger partial charge is 0.271 e. The number of nitro benzene ring substituents is 1. The maximum Gasteiger partial charge on any atom is 0.271 e. The Morgan fingerprint density at radius 2 is 2.24 bits per heavy atom. The van der Waals surface area contributed by atoms with Crippen molar-refractivity contribution >= 4 is 28.6 Å². The number of nitro groups is 1. The maximum atomic E-state index is 10.8. The zero-order valence-electron chi connectivity index (χ0n) is 11.2. The third-order valence-electron chi connectivity index (χ3n) is 2.57. The van der Waals surface area contributed by atoms with E-state index in [1.807, 2.05) is 0 Å². The average molecular weight is 329 g/mol. The molecule has 1 heterocycles. The fourth-order valence-corrected chi connectivity index (χ4v) is 2.64. The van der Waals surface area contributed by atoms with Gasteiger partial charge in [-0.3, -0.25) is 10.1 Å². The van der Waals surface area contributed by atoms with E-state index in [0.29, 0.717) is 35.3 Å². The first-order valence-electron chi connectivity index (χ1n) is 6.07. The van der Waals surface area contributed by atoms with Crippen molar-refractivity contribution in [2.45, 2.75) is 6.54 Å². The highest BCUT2D eigenvalue weighted by atomic mass is 35.5. The summed E-state index contributed by atoms with van der Waals surface area (Å²) in [6.07, 6.45) is 0. The minimum atomic E-state index is -0.483. The van der Waals surface area contributed by atoms with Gasteiger partial charge in [-0.2, -0.15) is 0 Å². The van der Waals surface area contributed by atoms with Crippen LogP contribution in [0, 0.1) is 10.1 Å². The van der Waals surface area contributed by atoms with Crippen molar-refractivity contribution < 1.29 is 9.66 Å². The van der Waals surface area contributed by atoms with Gasteiger partial charge in [0, 0.05) is 42.9 Å². The van der Waals surface area contributed by atoms with Gasteiger partial charge >= 0.3 is 0 Å². The molecule has 0 saturated carbocycles. The molecule has 1 aromatic heterocycles. The van der Waals surface area contributed by atoms with Crippen molar-refractivity contribution in [3.63, 3.8) is 0 Å². The molecular formula is C12H13ClN4O3S. The molecule has 0 radical (unpaired) electrons. The Hall–Kier alpha value is -1.61. The normalized spacial score (nSPS) is 10.8. The lowest BCUT2D eigenvalue weighted by Crippen LogP contribution is -2.18. The molecule has 0 aliphatic carbocycles. The summed E-state index contributed by atoms with van der Waals surface area (Å²) >= 11 is 7.26. The van der Waals surface area contributed by atoms with Gasteiger partial charge in [0.25, 0.3) is 5.69 Å². The molecule has 2 rings (SSSR count). The quantitative estimate of drug-likeness (QED) is 0.477. The molecule has 0 saturated heterocycles. The second-order valence-electron chi connectivity index (χ2n) is 4.13. The molecule has 1 aromatic carbocycles. The summed E-state index contributed by atoms with van der Waals surface area (Å²) in [6.45, 7) is 1.91. The number of halogens is 1. The highest BCUT2D eigenvalue weighted by Crippen LogP contribution is 2.30. The summed E-state index contributed by atoms with van der Waals surface area (Å²) < 4.78 is 4.93. The van der Waals surface area contributed by atoms with Crippen LogP contribution in [-0.4, -0.2) is 35.4 Å². The molecule has 9 heteroatoms. The summed E-state index contributed by atoms with van der Waals surface area (Å²) in [6, 6.07) is 4.38. The number of ether oxygens (including phenoxy) is 1. The average Bonchev–Trinajstić information content (AvgIpc) is 2.92. The highest BCUT2D eigenvalue weighted by Gasteiger charge is 2.13. The largest absolute Gasteiger partial charge is 0.383 e. The minimum absolute atomic E-state index is 0.0625. The summed E-state index contributed by atoms with van der Waals surface area (Å²) in [5.41, 5.74) is 0.530. The van der Waals surface area contributed by atoms with Crippen LogP contribution in [0.1, 0.15) is 5.01 Å². The molecule has 0 fully saturated rings. The second-order valence-corrected chi connectivity index (χ2v) is 5.62. The van der Waals surface area contributed by atoms with E-state index >= 15 is 0 Å². The fourth-order valence-electron chi connectivity index (χ4n) is 1.61. The van der Waals surface area contributed by atoms with Crippen LogP contribution in [0.25, 0.3) is 10.6 Å². The van der Waals surface area contributed by atoms with Crippen molar-refractivity contribution in [1.82, 2.24) is 15.5 Å². The van der Waals surface area contributed by atoms with Gasteiger partial charge in [-0.1, -0.05) is 22.9 Å². The van der Waals surface area contributed by atoms with E-state index in [1.54, 1.807) is 13.2 Å². The number of hydrogen-bond acceptors (Lipinski definition) is 7. The van der Waals surface area contributed by atoms with Gasteiger partial charge in [0.1, 0.15) is 10.0 Å². The molecule has 0 aliphatic heterocycles. The number of non-ortho nitro benzene ring substituents is 1. The number of aromatic nitrogens is 2. The second kappa shape index (κ2) is 7.41. The lowest BCUT2D eigenvalue weighted by molar-refractivity contribution is -0.384. The zero-order valence-corrected chi connectivity index (χ0v) is 12.8. The molecule has 112 valence electrons. The Bertz CT molecular complexity index is 635. The van der Waals surface area contributed by atoms with E-state index in [0.717, 1.165) is 5.01 Å². The fraction of sp³-hybridized carbons (Fsp3) is 0.333. The third kappa shape index (κ3) is 4.43. The van der Waals surface area contributed by atoms with Gasteiger partial charge in [0.2, 0.25) is 0 Å². The van der Waals surface area contributed by atoms with Crippen LogP contribution >= 0.6 is 22.9 Å². The molecule has 0 amide bonds. The Kier molecular flexibility index (Phi) is 5.57. The van der Waals surface area contributed by atoms with Crippen LogP contribution < -0.4 is 5.32 Å². The molecular weight excluding hydrogens is 316 g/mol. The zero-order chi connectivity index (χ0) is 15.2. The molecule has 0 aliphatic rings. The number of nitrogens with one attached hydrogen (secondary N) is 1. The SMILES string of the molecule is COCCNCc1nnc(-c2cc(Cl)cc([N+](=O)[O-])c2)s1. The van der Waals surface area contributed by atoms with Crippen molar-refractivity contribution in [2.24, 2.45) is 0 Å². The van der Waals surface area contributed by atoms with Crippen LogP contribution in [0.15, 0.2) is 18.2 Å². The number of benzene rings is 1. The summed E-state index contributed by atoms with van der Waals surface area (Å²) in [5.74, 6) is 0. The van der Waals surface area contributed by atoms with E-state index in [2.05, 4.69) is 15.5 Å². The van der Waals surface area contributed by atoms with Crippen LogP contribution in [0.2, 0.25) is 5.02 Å². The van der Waals surface area contributed by atoms with E-state index in [1.165, 1.54) is 23.5 Å². The monoisotopic (exact) mass is 328 g/mol. The van der Waals surface area contributed by atoms with Crippen LogP contribution in [0.5, 0.6) is 0 Å². The number of hydrogen-bond donors (Lipinski definition) is 1. The van der Waals surface area contributed by atoms with E-state index in [-0.39, 0.29) is 5.69 Å². The lowest BCUT2D eigenvalue weighted by Gasteiger charge is -1.99. The Balaban J connectivity index is 2.12. The highest BCUT2D eigenvalue weighted by molar-refractivity contribution is 7.14. The van der Waals surface area contributed by atoms with Crippen LogP contribution in [0.4, 0.5) is 5.69 Å². The van der Waals surface area contributed by atoms with Gasteiger partial charge in [-0.05, 0) is 6.07 Å². The predicted molar refractivity (Wildman–Crippen MR) is 80.6 cm³/mol. The van der Waals surface area contributed by atoms with Gasteiger partial charge in [0.15, 0.2) is 0 Å². The van der Waals surface area contributed by atoms with E-state index in [9.17, 15) is 10.1 Å². The van der Waals surface area contributed by atoms with Gasteiger partial charge in [0.05, 0.1) is 11.5 Å². The van der Waals surface area contributed by atoms with Gasteiger partial charge < -0.3 is 10.1 Å². The van der Waals surface area contributed by atoms with E-state index < -0.39 is 4.92 Å². The van der Waals surface area contributed by atoms with Crippen LogP contribution in [-0.2, 0) is 11.3 Å². The molecule has 0 bridgehead atoms. The van der Waals surface area contributed by atoms with Crippen molar-refractivity contribution in [1.29, 1.82) is 0 Å². The first-order valence-corrected chi connectivity index (χ1v) is 7.27. The molecule has 0 unspecified atom stereocenters. The topological polar surface area (TPSA) is 90.2 Å². The number of nitrogens with zero attached hydrogens (tertiary/aromatic N) is 3. The third-order valence-corrected chi connectivity index (χ3v) is 3.76. The predicted octanol–water partition coefficient (Wildman–Crippen LogP) is 2.50. The van der Waals surface area contributed by atoms with Crippen LogP contribution in [0.3, 0.4) is 0 Å². The summed E-state index contributed by atoms with van der Waals surface area (Å²) in [5, 5.41) is 23.8. The maximum absolute atomic E-state index is 10.8. The Labute approximate surface area is 130 Å². The Morgan fingerprint density at radius 1 is 1.43 bits per heavy atom. The molecule has 0 atom stereocenters. The van der Waals surface area contributed by atoms with Crippen molar-refractivity contribution in [3.8, 4) is 10.6 Å². The molecule has 7 nitrogen and oxygen atoms in total. The molecule has 2 aromatic rings. The standard InChI is InChI=1S/C12H13ClN4O3S/c1-20-3-2-14-7-11-15-16-12(21-11)8-4-9(13)6-10(5-8)17(18)19/h4-6,14H,2-3,7H2,1H3. The van der Waals surface area contributed by atoms with Gasteiger partial charge in [-0.25, -0.2) is 0 Å². The van der Waals surface area contributed by atoms with Gasteiger partial charge in [-0.15, -0.1) is 10.2 Å². The molecule has 21 heavy (non-hydrogen) atoms. The first-order chi connectivity index (χ1) is 10.1. The summed E-state index contributed by atoms with van der Waals surface area (Å²) in [4.78, 5) is 10.4. The Morgan fingerprint density at radius 3 is 2.95 bits per heavy atom. The molecule has 1 N–H and O–H groups in total. The lowest BCUT2D eigenvalue weighted by atomic mass is 10.2. The first kappa shape index (κ1) is 15.8.